The number of nitriles is 1. The number of ether oxygens (including phenoxy) is 3. The van der Waals surface area contributed by atoms with E-state index >= 15 is 0 Å². The van der Waals surface area contributed by atoms with E-state index in [0.717, 1.165) is 5.56 Å². The summed E-state index contributed by atoms with van der Waals surface area (Å²) >= 11 is 3.46. The van der Waals surface area contributed by atoms with E-state index in [0.29, 0.717) is 39.4 Å². The summed E-state index contributed by atoms with van der Waals surface area (Å²) in [6, 6.07) is 17.4. The first kappa shape index (κ1) is 27.4. The monoisotopic (exact) mass is 566 g/mol. The molecule has 0 fully saturated rings. The van der Waals surface area contributed by atoms with E-state index in [1.807, 2.05) is 13.0 Å². The normalized spacial score (nSPS) is 10.8. The number of nitrogens with zero attached hydrogens (tertiary/aromatic N) is 1. The third-order valence-electron chi connectivity index (χ3n) is 4.99. The van der Waals surface area contributed by atoms with Gasteiger partial charge in [-0.25, -0.2) is 9.18 Å². The summed E-state index contributed by atoms with van der Waals surface area (Å²) in [6.07, 6.45) is 1.43. The lowest BCUT2D eigenvalue weighted by Gasteiger charge is -2.14. The first-order valence-electron chi connectivity index (χ1n) is 11.4. The van der Waals surface area contributed by atoms with Gasteiger partial charge in [0.05, 0.1) is 18.8 Å². The van der Waals surface area contributed by atoms with Crippen LogP contribution in [0, 0.1) is 17.1 Å². The molecule has 7 nitrogen and oxygen atoms in total. The minimum absolute atomic E-state index is 0.141. The Labute approximate surface area is 222 Å². The molecule has 0 atom stereocenters. The standard InChI is InChI=1S/C28H24BrFN2O5/c1-3-35-25-14-20(24(29)15-26(25)37-17-18-5-9-22(30)10-6-18)13-21(16-31)27(33)32-23-11-7-19(8-12-23)28(34)36-4-2/h5-15H,3-4,17H2,1-2H3,(H,32,33)/b21-13+. The van der Waals surface area contributed by atoms with E-state index in [9.17, 15) is 19.2 Å². The summed E-state index contributed by atoms with van der Waals surface area (Å²) in [4.78, 5) is 24.5. The van der Waals surface area contributed by atoms with Gasteiger partial charge >= 0.3 is 5.97 Å². The predicted molar refractivity (Wildman–Crippen MR) is 141 cm³/mol. The molecule has 0 unspecified atom stereocenters. The van der Waals surface area contributed by atoms with Gasteiger partial charge in [0.1, 0.15) is 24.1 Å². The zero-order valence-electron chi connectivity index (χ0n) is 20.2. The van der Waals surface area contributed by atoms with Crippen molar-refractivity contribution in [2.24, 2.45) is 0 Å². The number of esters is 1. The van der Waals surface area contributed by atoms with Crippen molar-refractivity contribution in [3.63, 3.8) is 0 Å². The molecule has 1 amide bonds. The second kappa shape index (κ2) is 13.2. The van der Waals surface area contributed by atoms with Crippen LogP contribution < -0.4 is 14.8 Å². The van der Waals surface area contributed by atoms with Gasteiger partial charge in [0.25, 0.3) is 5.91 Å². The lowest BCUT2D eigenvalue weighted by Crippen LogP contribution is -2.13. The van der Waals surface area contributed by atoms with Gasteiger partial charge in [-0.3, -0.25) is 4.79 Å². The fraction of sp³-hybridized carbons (Fsp3) is 0.179. The molecule has 0 aromatic heterocycles. The molecule has 1 N–H and O–H groups in total. The molecule has 0 radical (unpaired) electrons. The predicted octanol–water partition coefficient (Wildman–Crippen LogP) is 6.29. The zero-order valence-corrected chi connectivity index (χ0v) is 21.8. The maximum absolute atomic E-state index is 13.2. The van der Waals surface area contributed by atoms with Crippen LogP contribution in [0.5, 0.6) is 11.5 Å². The molecule has 0 saturated carbocycles. The summed E-state index contributed by atoms with van der Waals surface area (Å²) in [6.45, 7) is 4.36. The van der Waals surface area contributed by atoms with Crippen LogP contribution in [0.15, 0.2) is 70.7 Å². The molecule has 0 aliphatic heterocycles. The molecule has 0 spiro atoms. The summed E-state index contributed by atoms with van der Waals surface area (Å²) in [5.74, 6) is -0.541. The third kappa shape index (κ3) is 7.66. The summed E-state index contributed by atoms with van der Waals surface area (Å²) in [5, 5.41) is 12.3. The molecule has 190 valence electrons. The number of carbonyl (C=O) groups excluding carboxylic acids is 2. The SMILES string of the molecule is CCOC(=O)c1ccc(NC(=O)/C(C#N)=C/c2cc(OCC)c(OCc3ccc(F)cc3)cc2Br)cc1. The van der Waals surface area contributed by atoms with Gasteiger partial charge in [-0.05, 0) is 79.6 Å². The second-order valence-corrected chi connectivity index (χ2v) is 8.44. The molecule has 0 saturated heterocycles. The Bertz CT molecular complexity index is 1330. The number of carbonyl (C=O) groups is 2. The van der Waals surface area contributed by atoms with E-state index < -0.39 is 11.9 Å². The molecule has 0 bridgehead atoms. The average molecular weight is 567 g/mol. The highest BCUT2D eigenvalue weighted by atomic mass is 79.9. The quantitative estimate of drug-likeness (QED) is 0.176. The number of halogens is 2. The number of benzene rings is 3. The molecular weight excluding hydrogens is 543 g/mol. The van der Waals surface area contributed by atoms with Gasteiger partial charge in [-0.1, -0.05) is 28.1 Å². The number of hydrogen-bond acceptors (Lipinski definition) is 6. The maximum Gasteiger partial charge on any atom is 0.338 e. The fourth-order valence-corrected chi connectivity index (χ4v) is 3.63. The number of rotatable bonds is 10. The largest absolute Gasteiger partial charge is 0.490 e. The molecule has 9 heteroatoms. The Hall–Kier alpha value is -4.16. The van der Waals surface area contributed by atoms with Gasteiger partial charge in [0.15, 0.2) is 11.5 Å². The molecule has 3 aromatic carbocycles. The van der Waals surface area contributed by atoms with Crippen molar-refractivity contribution in [2.75, 3.05) is 18.5 Å². The minimum atomic E-state index is -0.618. The van der Waals surface area contributed by atoms with Gasteiger partial charge in [0, 0.05) is 10.2 Å². The Morgan fingerprint density at radius 3 is 2.30 bits per heavy atom. The van der Waals surface area contributed by atoms with Crippen LogP contribution in [0.1, 0.15) is 35.3 Å². The first-order valence-corrected chi connectivity index (χ1v) is 12.2. The maximum atomic E-state index is 13.2. The topological polar surface area (TPSA) is 97.7 Å². The van der Waals surface area contributed by atoms with Crippen LogP contribution in [0.3, 0.4) is 0 Å². The minimum Gasteiger partial charge on any atom is -0.490 e. The van der Waals surface area contributed by atoms with Crippen molar-refractivity contribution in [3.05, 3.63) is 93.2 Å². The Morgan fingerprint density at radius 1 is 1.00 bits per heavy atom. The molecule has 3 aromatic rings. The highest BCUT2D eigenvalue weighted by Gasteiger charge is 2.15. The third-order valence-corrected chi connectivity index (χ3v) is 5.68. The number of amides is 1. The number of nitrogens with one attached hydrogen (secondary N) is 1. The van der Waals surface area contributed by atoms with Crippen LogP contribution in [-0.4, -0.2) is 25.1 Å². The zero-order chi connectivity index (χ0) is 26.8. The van der Waals surface area contributed by atoms with Gasteiger partial charge in [-0.15, -0.1) is 0 Å². The van der Waals surface area contributed by atoms with Crippen molar-refractivity contribution >= 4 is 39.6 Å². The van der Waals surface area contributed by atoms with E-state index in [1.165, 1.54) is 30.3 Å². The Morgan fingerprint density at radius 2 is 1.68 bits per heavy atom. The van der Waals surface area contributed by atoms with Crippen LogP contribution in [-0.2, 0) is 16.1 Å². The number of hydrogen-bond donors (Lipinski definition) is 1. The summed E-state index contributed by atoms with van der Waals surface area (Å²) < 4.78 is 30.3. The molecule has 0 heterocycles. The van der Waals surface area contributed by atoms with E-state index in [-0.39, 0.29) is 24.6 Å². The van der Waals surface area contributed by atoms with Crippen molar-refractivity contribution in [1.82, 2.24) is 0 Å². The molecule has 0 aliphatic rings. The molecule has 0 aliphatic carbocycles. The Kier molecular flexibility index (Phi) is 9.81. The lowest BCUT2D eigenvalue weighted by atomic mass is 10.1. The number of anilines is 1. The smallest absolute Gasteiger partial charge is 0.338 e. The van der Waals surface area contributed by atoms with Crippen molar-refractivity contribution in [2.45, 2.75) is 20.5 Å². The van der Waals surface area contributed by atoms with E-state index in [1.54, 1.807) is 43.3 Å². The first-order chi connectivity index (χ1) is 17.8. The van der Waals surface area contributed by atoms with Crippen molar-refractivity contribution in [3.8, 4) is 17.6 Å². The van der Waals surface area contributed by atoms with Crippen LogP contribution in [0.4, 0.5) is 10.1 Å². The fourth-order valence-electron chi connectivity index (χ4n) is 3.19. The molecule has 3 rings (SSSR count). The van der Waals surface area contributed by atoms with Crippen LogP contribution in [0.2, 0.25) is 0 Å². The second-order valence-electron chi connectivity index (χ2n) is 7.59. The summed E-state index contributed by atoms with van der Waals surface area (Å²) in [7, 11) is 0. The van der Waals surface area contributed by atoms with E-state index in [2.05, 4.69) is 21.2 Å². The lowest BCUT2D eigenvalue weighted by molar-refractivity contribution is -0.112. The van der Waals surface area contributed by atoms with Gasteiger partial charge < -0.3 is 19.5 Å². The van der Waals surface area contributed by atoms with Crippen molar-refractivity contribution < 1.29 is 28.2 Å². The molecular formula is C28H24BrFN2O5. The van der Waals surface area contributed by atoms with Gasteiger partial charge in [0.2, 0.25) is 0 Å². The molecule has 37 heavy (non-hydrogen) atoms. The summed E-state index contributed by atoms with van der Waals surface area (Å²) in [5.41, 5.74) is 1.94. The van der Waals surface area contributed by atoms with E-state index in [4.69, 9.17) is 14.2 Å². The van der Waals surface area contributed by atoms with Crippen molar-refractivity contribution in [1.29, 1.82) is 5.26 Å². The highest BCUT2D eigenvalue weighted by molar-refractivity contribution is 9.10. The Balaban J connectivity index is 1.78. The highest BCUT2D eigenvalue weighted by Crippen LogP contribution is 2.35. The van der Waals surface area contributed by atoms with Gasteiger partial charge in [-0.2, -0.15) is 5.26 Å². The van der Waals surface area contributed by atoms with Crippen LogP contribution >= 0.6 is 15.9 Å². The van der Waals surface area contributed by atoms with Crippen LogP contribution in [0.25, 0.3) is 6.08 Å². The average Bonchev–Trinajstić information content (AvgIpc) is 2.89.